The molecule has 1 unspecified atom stereocenters. The van der Waals surface area contributed by atoms with E-state index in [1.54, 1.807) is 11.3 Å². The summed E-state index contributed by atoms with van der Waals surface area (Å²) in [6.45, 7) is 5.88. The van der Waals surface area contributed by atoms with Crippen molar-refractivity contribution in [1.82, 2.24) is 4.98 Å². The number of hydrogen-bond acceptors (Lipinski definition) is 4. The van der Waals surface area contributed by atoms with Gasteiger partial charge in [0.15, 0.2) is 5.13 Å². The Hall–Kier alpha value is -0.610. The van der Waals surface area contributed by atoms with Crippen LogP contribution >= 0.6 is 11.3 Å². The fraction of sp³-hybridized carbons (Fsp3) is 0.727. The molecule has 1 atom stereocenters. The Kier molecular flexibility index (Phi) is 4.11. The third-order valence-corrected chi connectivity index (χ3v) is 3.51. The van der Waals surface area contributed by atoms with Crippen LogP contribution in [0.15, 0.2) is 6.20 Å². The molecule has 0 spiro atoms. The lowest BCUT2D eigenvalue weighted by atomic mass is 9.96. The zero-order valence-corrected chi connectivity index (χ0v) is 10.5. The highest BCUT2D eigenvalue weighted by atomic mass is 32.1. The molecule has 4 heteroatoms. The van der Waals surface area contributed by atoms with Crippen LogP contribution in [0.5, 0.6) is 0 Å². The van der Waals surface area contributed by atoms with Gasteiger partial charge in [-0.25, -0.2) is 4.98 Å². The summed E-state index contributed by atoms with van der Waals surface area (Å²) in [5, 5.41) is 10.2. The quantitative estimate of drug-likeness (QED) is 0.814. The zero-order chi connectivity index (χ0) is 11.5. The average Bonchev–Trinajstić information content (AvgIpc) is 2.49. The Labute approximate surface area is 95.3 Å². The lowest BCUT2D eigenvalue weighted by molar-refractivity contribution is 0.0678. The van der Waals surface area contributed by atoms with Crippen LogP contribution in [0.25, 0.3) is 0 Å². The van der Waals surface area contributed by atoms with E-state index in [0.717, 1.165) is 19.3 Å². The van der Waals surface area contributed by atoms with Crippen molar-refractivity contribution < 1.29 is 5.11 Å². The highest BCUT2D eigenvalue weighted by molar-refractivity contribution is 7.15. The molecule has 3 nitrogen and oxygen atoms in total. The number of anilines is 1. The Bertz CT molecular complexity index is 304. The molecule has 0 bridgehead atoms. The molecule has 0 aliphatic carbocycles. The molecule has 0 aliphatic heterocycles. The number of aliphatic hydroxyl groups is 1. The minimum absolute atomic E-state index is 0.488. The summed E-state index contributed by atoms with van der Waals surface area (Å²) < 4.78 is 0. The molecule has 0 aromatic carbocycles. The molecule has 0 saturated heterocycles. The van der Waals surface area contributed by atoms with Crippen LogP contribution in [-0.4, -0.2) is 15.7 Å². The summed E-state index contributed by atoms with van der Waals surface area (Å²) in [7, 11) is 0. The molecule has 1 aromatic heterocycles. The topological polar surface area (TPSA) is 59.1 Å². The van der Waals surface area contributed by atoms with Crippen LogP contribution in [0, 0.1) is 0 Å². The summed E-state index contributed by atoms with van der Waals surface area (Å²) in [5.41, 5.74) is 5.03. The minimum Gasteiger partial charge on any atom is -0.390 e. The van der Waals surface area contributed by atoms with Gasteiger partial charge < -0.3 is 10.8 Å². The van der Waals surface area contributed by atoms with Crippen molar-refractivity contribution in [2.24, 2.45) is 0 Å². The second-order valence-corrected chi connectivity index (χ2v) is 5.80. The van der Waals surface area contributed by atoms with E-state index in [1.807, 2.05) is 20.0 Å². The lowest BCUT2D eigenvalue weighted by Crippen LogP contribution is -2.18. The summed E-state index contributed by atoms with van der Waals surface area (Å²) in [6, 6.07) is 0. The SMILES string of the molecule is CC(CCCC(C)(C)O)c1cnc(N)s1. The van der Waals surface area contributed by atoms with E-state index < -0.39 is 5.60 Å². The molecule has 0 radical (unpaired) electrons. The van der Waals surface area contributed by atoms with E-state index in [9.17, 15) is 5.11 Å². The van der Waals surface area contributed by atoms with Crippen molar-refractivity contribution in [3.8, 4) is 0 Å². The molecule has 1 heterocycles. The van der Waals surface area contributed by atoms with Crippen molar-refractivity contribution in [2.75, 3.05) is 5.73 Å². The predicted octanol–water partition coefficient (Wildman–Crippen LogP) is 2.77. The zero-order valence-electron chi connectivity index (χ0n) is 9.66. The Morgan fingerprint density at radius 2 is 2.27 bits per heavy atom. The van der Waals surface area contributed by atoms with E-state index >= 15 is 0 Å². The molecular weight excluding hydrogens is 208 g/mol. The highest BCUT2D eigenvalue weighted by Crippen LogP contribution is 2.28. The van der Waals surface area contributed by atoms with Gasteiger partial charge in [0.05, 0.1) is 5.60 Å². The van der Waals surface area contributed by atoms with Gasteiger partial charge in [-0.05, 0) is 39.0 Å². The van der Waals surface area contributed by atoms with Gasteiger partial charge in [-0.2, -0.15) is 0 Å². The van der Waals surface area contributed by atoms with Gasteiger partial charge in [0.2, 0.25) is 0 Å². The monoisotopic (exact) mass is 228 g/mol. The van der Waals surface area contributed by atoms with Crippen molar-refractivity contribution in [3.63, 3.8) is 0 Å². The number of nitrogens with zero attached hydrogens (tertiary/aromatic N) is 1. The fourth-order valence-electron chi connectivity index (χ4n) is 1.51. The first kappa shape index (κ1) is 12.5. The van der Waals surface area contributed by atoms with Crippen molar-refractivity contribution in [1.29, 1.82) is 0 Å². The molecule has 0 aliphatic rings. The molecule has 0 fully saturated rings. The van der Waals surface area contributed by atoms with Gasteiger partial charge in [0.25, 0.3) is 0 Å². The van der Waals surface area contributed by atoms with Crippen LogP contribution < -0.4 is 5.73 Å². The van der Waals surface area contributed by atoms with Crippen molar-refractivity contribution in [2.45, 2.75) is 51.6 Å². The van der Waals surface area contributed by atoms with E-state index in [4.69, 9.17) is 5.73 Å². The number of rotatable bonds is 5. The molecule has 0 amide bonds. The van der Waals surface area contributed by atoms with Crippen LogP contribution in [-0.2, 0) is 0 Å². The standard InChI is InChI=1S/C11H20N2OS/c1-8(5-4-6-11(2,3)14)9-7-13-10(12)15-9/h7-8,14H,4-6H2,1-3H3,(H2,12,13). The number of aromatic nitrogens is 1. The predicted molar refractivity (Wildman–Crippen MR) is 65.1 cm³/mol. The van der Waals surface area contributed by atoms with Gasteiger partial charge in [-0.15, -0.1) is 11.3 Å². The average molecular weight is 228 g/mol. The van der Waals surface area contributed by atoms with E-state index in [1.165, 1.54) is 4.88 Å². The third-order valence-electron chi connectivity index (χ3n) is 2.45. The number of hydrogen-bond donors (Lipinski definition) is 2. The van der Waals surface area contributed by atoms with Gasteiger partial charge in [-0.3, -0.25) is 0 Å². The summed E-state index contributed by atoms with van der Waals surface area (Å²) >= 11 is 1.56. The second-order valence-electron chi connectivity index (χ2n) is 4.71. The molecular formula is C11H20N2OS. The molecule has 1 aromatic rings. The van der Waals surface area contributed by atoms with Gasteiger partial charge in [0, 0.05) is 11.1 Å². The summed E-state index contributed by atoms with van der Waals surface area (Å²) in [6.07, 6.45) is 4.80. The third kappa shape index (κ3) is 4.62. The molecule has 86 valence electrons. The van der Waals surface area contributed by atoms with Crippen molar-refractivity contribution >= 4 is 16.5 Å². The molecule has 0 saturated carbocycles. The lowest BCUT2D eigenvalue weighted by Gasteiger charge is -2.17. The maximum Gasteiger partial charge on any atom is 0.180 e. The Morgan fingerprint density at radius 3 is 2.73 bits per heavy atom. The maximum atomic E-state index is 9.58. The number of thiazole rings is 1. The van der Waals surface area contributed by atoms with E-state index in [0.29, 0.717) is 11.0 Å². The largest absolute Gasteiger partial charge is 0.390 e. The second kappa shape index (κ2) is 4.94. The minimum atomic E-state index is -0.549. The first-order valence-electron chi connectivity index (χ1n) is 5.32. The summed E-state index contributed by atoms with van der Waals surface area (Å²) in [5.74, 6) is 0.488. The van der Waals surface area contributed by atoms with Crippen LogP contribution in [0.3, 0.4) is 0 Å². The van der Waals surface area contributed by atoms with Crippen LogP contribution in [0.2, 0.25) is 0 Å². The Balaban J connectivity index is 2.34. The van der Waals surface area contributed by atoms with Gasteiger partial charge in [-0.1, -0.05) is 6.92 Å². The van der Waals surface area contributed by atoms with Crippen LogP contribution in [0.4, 0.5) is 5.13 Å². The smallest absolute Gasteiger partial charge is 0.180 e. The maximum absolute atomic E-state index is 9.58. The number of nitrogens with two attached hydrogens (primary N) is 1. The Morgan fingerprint density at radius 1 is 1.60 bits per heavy atom. The van der Waals surface area contributed by atoms with E-state index in [2.05, 4.69) is 11.9 Å². The molecule has 3 N–H and O–H groups in total. The van der Waals surface area contributed by atoms with Crippen LogP contribution in [0.1, 0.15) is 50.8 Å². The van der Waals surface area contributed by atoms with E-state index in [-0.39, 0.29) is 0 Å². The number of nitrogen functional groups attached to an aromatic ring is 1. The summed E-state index contributed by atoms with van der Waals surface area (Å²) in [4.78, 5) is 5.28. The fourth-order valence-corrected chi connectivity index (χ4v) is 2.28. The van der Waals surface area contributed by atoms with Crippen molar-refractivity contribution in [3.05, 3.63) is 11.1 Å². The first-order chi connectivity index (χ1) is 6.88. The highest BCUT2D eigenvalue weighted by Gasteiger charge is 2.14. The molecule has 1 rings (SSSR count). The molecule has 15 heavy (non-hydrogen) atoms. The van der Waals surface area contributed by atoms with Gasteiger partial charge >= 0.3 is 0 Å². The normalized spacial score (nSPS) is 14.1. The first-order valence-corrected chi connectivity index (χ1v) is 6.14. The van der Waals surface area contributed by atoms with Gasteiger partial charge in [0.1, 0.15) is 0 Å².